The van der Waals surface area contributed by atoms with Crippen LogP contribution in [-0.4, -0.2) is 30.4 Å². The molecule has 0 aliphatic carbocycles. The largest absolute Gasteiger partial charge is 0.494 e. The predicted molar refractivity (Wildman–Crippen MR) is 99.9 cm³/mol. The van der Waals surface area contributed by atoms with Gasteiger partial charge in [-0.25, -0.2) is 4.39 Å². The molecule has 27 heavy (non-hydrogen) atoms. The van der Waals surface area contributed by atoms with Gasteiger partial charge >= 0.3 is 0 Å². The maximum absolute atomic E-state index is 13.9. The molecular weight excluding hydrogens is 347 g/mol. The number of likely N-dealkylation sites (tertiary alicyclic amines) is 1. The van der Waals surface area contributed by atoms with Crippen molar-refractivity contribution in [3.63, 3.8) is 0 Å². The molecule has 1 fully saturated rings. The second kappa shape index (κ2) is 8.20. The number of nitrogens with one attached hydrogen (secondary N) is 1. The standard InChI is InChI=1S/C21H23FN2O3/c1-14(16-8-9-19(27-2)18(22)12-16)23-21(26)17-6-3-5-15(11-17)13-24-10-4-7-20(24)25/h3,5-6,8-9,11-12,14H,4,7,10,13H2,1-2H3,(H,23,26)/t14-/m0/s1. The molecule has 0 aromatic heterocycles. The molecule has 1 atom stereocenters. The van der Waals surface area contributed by atoms with Crippen LogP contribution in [0.25, 0.3) is 0 Å². The lowest BCUT2D eigenvalue weighted by Crippen LogP contribution is -2.27. The van der Waals surface area contributed by atoms with E-state index in [0.717, 1.165) is 18.5 Å². The number of hydrogen-bond acceptors (Lipinski definition) is 3. The summed E-state index contributed by atoms with van der Waals surface area (Å²) in [6.07, 6.45) is 1.48. The molecular formula is C21H23FN2O3. The molecule has 5 nitrogen and oxygen atoms in total. The molecule has 1 saturated heterocycles. The highest BCUT2D eigenvalue weighted by Crippen LogP contribution is 2.22. The Morgan fingerprint density at radius 2 is 2.11 bits per heavy atom. The maximum atomic E-state index is 13.9. The number of carbonyl (C=O) groups excluding carboxylic acids is 2. The number of amides is 2. The highest BCUT2D eigenvalue weighted by atomic mass is 19.1. The van der Waals surface area contributed by atoms with Crippen LogP contribution in [0.2, 0.25) is 0 Å². The highest BCUT2D eigenvalue weighted by Gasteiger charge is 2.20. The van der Waals surface area contributed by atoms with Crippen molar-refractivity contribution >= 4 is 11.8 Å². The molecule has 0 unspecified atom stereocenters. The van der Waals surface area contributed by atoms with Crippen molar-refractivity contribution in [1.82, 2.24) is 10.2 Å². The molecule has 1 aliphatic heterocycles. The Hall–Kier alpha value is -2.89. The molecule has 3 rings (SSSR count). The zero-order chi connectivity index (χ0) is 19.4. The van der Waals surface area contributed by atoms with E-state index < -0.39 is 5.82 Å². The topological polar surface area (TPSA) is 58.6 Å². The number of ether oxygens (including phenoxy) is 1. The van der Waals surface area contributed by atoms with Crippen molar-refractivity contribution in [2.45, 2.75) is 32.4 Å². The van der Waals surface area contributed by atoms with Crippen molar-refractivity contribution in [1.29, 1.82) is 0 Å². The number of carbonyl (C=O) groups is 2. The number of hydrogen-bond donors (Lipinski definition) is 1. The van der Waals surface area contributed by atoms with E-state index in [-0.39, 0.29) is 23.6 Å². The first-order valence-electron chi connectivity index (χ1n) is 8.99. The van der Waals surface area contributed by atoms with Crippen molar-refractivity contribution in [2.24, 2.45) is 0 Å². The summed E-state index contributed by atoms with van der Waals surface area (Å²) in [6.45, 7) is 3.07. The van der Waals surface area contributed by atoms with Gasteiger partial charge < -0.3 is 15.0 Å². The van der Waals surface area contributed by atoms with Gasteiger partial charge in [0.05, 0.1) is 13.2 Å². The summed E-state index contributed by atoms with van der Waals surface area (Å²) in [5.74, 6) is -0.386. The van der Waals surface area contributed by atoms with E-state index in [9.17, 15) is 14.0 Å². The van der Waals surface area contributed by atoms with Crippen LogP contribution in [0.1, 0.15) is 47.3 Å². The van der Waals surface area contributed by atoms with E-state index in [2.05, 4.69) is 5.32 Å². The van der Waals surface area contributed by atoms with Gasteiger partial charge in [0.15, 0.2) is 11.6 Å². The SMILES string of the molecule is COc1ccc([C@H](C)NC(=O)c2cccc(CN3CCCC3=O)c2)cc1F. The Morgan fingerprint density at radius 3 is 2.78 bits per heavy atom. The molecule has 6 heteroatoms. The third kappa shape index (κ3) is 4.45. The van der Waals surface area contributed by atoms with E-state index in [1.807, 2.05) is 12.1 Å². The number of methoxy groups -OCH3 is 1. The van der Waals surface area contributed by atoms with Crippen molar-refractivity contribution in [3.05, 3.63) is 65.0 Å². The minimum Gasteiger partial charge on any atom is -0.494 e. The summed E-state index contributed by atoms with van der Waals surface area (Å²) in [7, 11) is 1.41. The van der Waals surface area contributed by atoms with Crippen LogP contribution in [0.15, 0.2) is 42.5 Å². The summed E-state index contributed by atoms with van der Waals surface area (Å²) in [6, 6.07) is 11.5. The van der Waals surface area contributed by atoms with Crippen molar-refractivity contribution in [2.75, 3.05) is 13.7 Å². The number of rotatable bonds is 6. The maximum Gasteiger partial charge on any atom is 0.251 e. The van der Waals surface area contributed by atoms with Gasteiger partial charge in [0.25, 0.3) is 5.91 Å². The average Bonchev–Trinajstić information content (AvgIpc) is 3.06. The molecule has 0 bridgehead atoms. The van der Waals surface area contributed by atoms with Gasteiger partial charge in [-0.1, -0.05) is 18.2 Å². The van der Waals surface area contributed by atoms with Crippen LogP contribution in [0.5, 0.6) is 5.75 Å². The molecule has 2 amide bonds. The van der Waals surface area contributed by atoms with Crippen LogP contribution in [0.3, 0.4) is 0 Å². The molecule has 1 N–H and O–H groups in total. The normalized spacial score (nSPS) is 14.9. The first-order chi connectivity index (χ1) is 13.0. The van der Waals surface area contributed by atoms with Crippen molar-refractivity contribution < 1.29 is 18.7 Å². The Morgan fingerprint density at radius 1 is 1.30 bits per heavy atom. The smallest absolute Gasteiger partial charge is 0.251 e. The summed E-state index contributed by atoms with van der Waals surface area (Å²) in [5, 5.41) is 2.88. The molecule has 0 saturated carbocycles. The lowest BCUT2D eigenvalue weighted by molar-refractivity contribution is -0.128. The number of nitrogens with zero attached hydrogens (tertiary/aromatic N) is 1. The fraction of sp³-hybridized carbons (Fsp3) is 0.333. The summed E-state index contributed by atoms with van der Waals surface area (Å²) >= 11 is 0. The zero-order valence-corrected chi connectivity index (χ0v) is 15.5. The van der Waals surface area contributed by atoms with Gasteiger partial charge in [-0.3, -0.25) is 9.59 Å². The van der Waals surface area contributed by atoms with E-state index in [1.54, 1.807) is 36.1 Å². The number of benzene rings is 2. The summed E-state index contributed by atoms with van der Waals surface area (Å²) < 4.78 is 18.8. The van der Waals surface area contributed by atoms with Gasteiger partial charge in [-0.2, -0.15) is 0 Å². The number of halogens is 1. The molecule has 0 spiro atoms. The first-order valence-corrected chi connectivity index (χ1v) is 8.99. The monoisotopic (exact) mass is 370 g/mol. The van der Waals surface area contributed by atoms with Gasteiger partial charge in [-0.15, -0.1) is 0 Å². The van der Waals surface area contributed by atoms with Crippen LogP contribution in [0.4, 0.5) is 4.39 Å². The average molecular weight is 370 g/mol. The fourth-order valence-electron chi connectivity index (χ4n) is 3.22. The lowest BCUT2D eigenvalue weighted by atomic mass is 10.1. The summed E-state index contributed by atoms with van der Waals surface area (Å²) in [5.41, 5.74) is 2.08. The first kappa shape index (κ1) is 18.9. The van der Waals surface area contributed by atoms with Gasteiger partial charge in [0, 0.05) is 25.1 Å². The zero-order valence-electron chi connectivity index (χ0n) is 15.5. The van der Waals surface area contributed by atoms with Crippen molar-refractivity contribution in [3.8, 4) is 5.75 Å². The third-order valence-electron chi connectivity index (χ3n) is 4.76. The predicted octanol–water partition coefficient (Wildman–Crippen LogP) is 3.45. The molecule has 2 aromatic rings. The van der Waals surface area contributed by atoms with Gasteiger partial charge in [-0.05, 0) is 48.7 Å². The van der Waals surface area contributed by atoms with Crippen LogP contribution in [0, 0.1) is 5.82 Å². The van der Waals surface area contributed by atoms with E-state index in [1.165, 1.54) is 13.2 Å². The minimum atomic E-state index is -0.464. The Labute approximate surface area is 158 Å². The lowest BCUT2D eigenvalue weighted by Gasteiger charge is -2.17. The van der Waals surface area contributed by atoms with E-state index in [0.29, 0.717) is 24.1 Å². The highest BCUT2D eigenvalue weighted by molar-refractivity contribution is 5.94. The molecule has 0 radical (unpaired) electrons. The molecule has 142 valence electrons. The Bertz CT molecular complexity index is 853. The van der Waals surface area contributed by atoms with Gasteiger partial charge in [0.1, 0.15) is 0 Å². The molecule has 1 heterocycles. The minimum absolute atomic E-state index is 0.153. The van der Waals surface area contributed by atoms with Crippen LogP contribution in [-0.2, 0) is 11.3 Å². The third-order valence-corrected chi connectivity index (χ3v) is 4.76. The summed E-state index contributed by atoms with van der Waals surface area (Å²) in [4.78, 5) is 26.2. The van der Waals surface area contributed by atoms with Crippen LogP contribution < -0.4 is 10.1 Å². The quantitative estimate of drug-likeness (QED) is 0.847. The molecule has 2 aromatic carbocycles. The fourth-order valence-corrected chi connectivity index (χ4v) is 3.22. The Balaban J connectivity index is 1.67. The van der Waals surface area contributed by atoms with E-state index in [4.69, 9.17) is 4.74 Å². The second-order valence-corrected chi connectivity index (χ2v) is 6.71. The molecule has 1 aliphatic rings. The van der Waals surface area contributed by atoms with Crippen LogP contribution >= 0.6 is 0 Å². The second-order valence-electron chi connectivity index (χ2n) is 6.71. The van der Waals surface area contributed by atoms with Gasteiger partial charge in [0.2, 0.25) is 5.91 Å². The Kier molecular flexibility index (Phi) is 5.74. The van der Waals surface area contributed by atoms with E-state index >= 15 is 0 Å².